The highest BCUT2D eigenvalue weighted by molar-refractivity contribution is 7.90. The van der Waals surface area contributed by atoms with Gasteiger partial charge in [0.25, 0.3) is 0 Å². The molecule has 0 saturated carbocycles. The maximum atomic E-state index is 13.8. The summed E-state index contributed by atoms with van der Waals surface area (Å²) in [5, 5.41) is 2.74. The number of piperidine rings is 1. The maximum Gasteiger partial charge on any atom is 0.304 e. The zero-order chi connectivity index (χ0) is 22.4. The van der Waals surface area contributed by atoms with Crippen LogP contribution >= 0.6 is 0 Å². The summed E-state index contributed by atoms with van der Waals surface area (Å²) in [5.41, 5.74) is 0.933. The number of carbonyl (C=O) groups excluding carboxylic acids is 1. The lowest BCUT2D eigenvalue weighted by Crippen LogP contribution is -2.50. The molecule has 0 radical (unpaired) electrons. The van der Waals surface area contributed by atoms with Gasteiger partial charge in [-0.2, -0.15) is 12.7 Å². The smallest absolute Gasteiger partial charge is 0.304 e. The SMILES string of the molecule is CCN(c1ccc(OC)cc1)S(=O)(=O)N1CCC[C@@H](C(=O)NCc2ccccc2F)C1. The number of carbonyl (C=O) groups is 1. The van der Waals surface area contributed by atoms with Crippen LogP contribution in [0.25, 0.3) is 0 Å². The molecule has 0 aromatic heterocycles. The van der Waals surface area contributed by atoms with Crippen molar-refractivity contribution in [2.75, 3.05) is 31.0 Å². The Morgan fingerprint density at radius 3 is 2.58 bits per heavy atom. The lowest BCUT2D eigenvalue weighted by Gasteiger charge is -2.35. The normalized spacial score (nSPS) is 17.2. The zero-order valence-electron chi connectivity index (χ0n) is 17.8. The minimum Gasteiger partial charge on any atom is -0.497 e. The lowest BCUT2D eigenvalue weighted by molar-refractivity contribution is -0.126. The second kappa shape index (κ2) is 10.1. The van der Waals surface area contributed by atoms with E-state index in [2.05, 4.69) is 5.32 Å². The molecule has 168 valence electrons. The third-order valence-corrected chi connectivity index (χ3v) is 7.43. The summed E-state index contributed by atoms with van der Waals surface area (Å²) in [6.45, 7) is 2.55. The van der Waals surface area contributed by atoms with Gasteiger partial charge < -0.3 is 10.1 Å². The van der Waals surface area contributed by atoms with E-state index in [1.807, 2.05) is 0 Å². The van der Waals surface area contributed by atoms with E-state index in [-0.39, 0.29) is 31.4 Å². The molecule has 31 heavy (non-hydrogen) atoms. The van der Waals surface area contributed by atoms with Crippen molar-refractivity contribution in [2.45, 2.75) is 26.3 Å². The van der Waals surface area contributed by atoms with Crippen LogP contribution in [0.1, 0.15) is 25.3 Å². The molecule has 1 heterocycles. The van der Waals surface area contributed by atoms with E-state index in [9.17, 15) is 17.6 Å². The van der Waals surface area contributed by atoms with Crippen molar-refractivity contribution in [1.29, 1.82) is 0 Å². The number of hydrogen-bond donors (Lipinski definition) is 1. The average molecular weight is 450 g/mol. The Hall–Kier alpha value is -2.65. The van der Waals surface area contributed by atoms with Gasteiger partial charge in [-0.3, -0.25) is 9.10 Å². The van der Waals surface area contributed by atoms with E-state index < -0.39 is 16.1 Å². The van der Waals surface area contributed by atoms with Crippen molar-refractivity contribution >= 4 is 21.8 Å². The minimum atomic E-state index is -3.80. The number of ether oxygens (including phenoxy) is 1. The number of anilines is 1. The van der Waals surface area contributed by atoms with Crippen molar-refractivity contribution < 1.29 is 22.3 Å². The standard InChI is InChI=1S/C22H28FN3O4S/c1-3-26(19-10-12-20(30-2)13-11-19)31(28,29)25-14-6-8-18(16-25)22(27)24-15-17-7-4-5-9-21(17)23/h4-5,7,9-13,18H,3,6,8,14-16H2,1-2H3,(H,24,27)/t18-/m1/s1. The van der Waals surface area contributed by atoms with E-state index in [1.165, 1.54) is 14.7 Å². The summed E-state index contributed by atoms with van der Waals surface area (Å²) in [4.78, 5) is 12.7. The van der Waals surface area contributed by atoms with Crippen molar-refractivity contribution in [1.82, 2.24) is 9.62 Å². The topological polar surface area (TPSA) is 79.0 Å². The predicted molar refractivity (Wildman–Crippen MR) is 117 cm³/mol. The van der Waals surface area contributed by atoms with Gasteiger partial charge in [0.2, 0.25) is 5.91 Å². The van der Waals surface area contributed by atoms with Crippen LogP contribution in [0.4, 0.5) is 10.1 Å². The molecule has 0 aliphatic carbocycles. The Morgan fingerprint density at radius 1 is 1.23 bits per heavy atom. The first-order chi connectivity index (χ1) is 14.9. The molecule has 3 rings (SSSR count). The number of benzene rings is 2. The first-order valence-electron chi connectivity index (χ1n) is 10.3. The van der Waals surface area contributed by atoms with Crippen LogP contribution in [0, 0.1) is 11.7 Å². The Labute approximate surface area is 183 Å². The molecule has 1 aliphatic rings. The molecule has 2 aromatic rings. The predicted octanol–water partition coefficient (Wildman–Crippen LogP) is 2.93. The van der Waals surface area contributed by atoms with Gasteiger partial charge in [0.05, 0.1) is 18.7 Å². The monoisotopic (exact) mass is 449 g/mol. The fraction of sp³-hybridized carbons (Fsp3) is 0.409. The molecule has 1 saturated heterocycles. The molecule has 1 N–H and O–H groups in total. The molecule has 9 heteroatoms. The summed E-state index contributed by atoms with van der Waals surface area (Å²) in [6.07, 6.45) is 1.17. The van der Waals surface area contributed by atoms with E-state index in [0.29, 0.717) is 36.4 Å². The van der Waals surface area contributed by atoms with E-state index in [4.69, 9.17) is 4.74 Å². The van der Waals surface area contributed by atoms with Crippen molar-refractivity contribution in [3.8, 4) is 5.75 Å². The van der Waals surface area contributed by atoms with Crippen LogP contribution in [-0.4, -0.2) is 45.4 Å². The van der Waals surface area contributed by atoms with Crippen LogP contribution in [-0.2, 0) is 21.5 Å². The van der Waals surface area contributed by atoms with Crippen LogP contribution in [0.2, 0.25) is 0 Å². The summed E-state index contributed by atoms with van der Waals surface area (Å²) >= 11 is 0. The quantitative estimate of drug-likeness (QED) is 0.672. The van der Waals surface area contributed by atoms with Gasteiger partial charge in [-0.05, 0) is 50.1 Å². The number of rotatable bonds is 8. The maximum absolute atomic E-state index is 13.8. The molecule has 0 spiro atoms. The molecular formula is C22H28FN3O4S. The van der Waals surface area contributed by atoms with Crippen LogP contribution in [0.15, 0.2) is 48.5 Å². The second-order valence-corrected chi connectivity index (χ2v) is 9.23. The highest BCUT2D eigenvalue weighted by Gasteiger charge is 2.35. The molecule has 1 aliphatic heterocycles. The van der Waals surface area contributed by atoms with E-state index >= 15 is 0 Å². The van der Waals surface area contributed by atoms with Gasteiger partial charge in [0, 0.05) is 31.7 Å². The number of halogens is 1. The van der Waals surface area contributed by atoms with Crippen LogP contribution in [0.3, 0.4) is 0 Å². The van der Waals surface area contributed by atoms with Gasteiger partial charge in [0.15, 0.2) is 0 Å². The highest BCUT2D eigenvalue weighted by atomic mass is 32.2. The molecule has 7 nitrogen and oxygen atoms in total. The first-order valence-corrected chi connectivity index (χ1v) is 11.7. The largest absolute Gasteiger partial charge is 0.497 e. The average Bonchev–Trinajstić information content (AvgIpc) is 2.79. The van der Waals surface area contributed by atoms with Crippen molar-refractivity contribution in [3.63, 3.8) is 0 Å². The van der Waals surface area contributed by atoms with Crippen molar-refractivity contribution in [2.24, 2.45) is 5.92 Å². The Kier molecular flexibility index (Phi) is 7.50. The van der Waals surface area contributed by atoms with Gasteiger partial charge in [0.1, 0.15) is 11.6 Å². The molecule has 2 aromatic carbocycles. The van der Waals surface area contributed by atoms with E-state index in [1.54, 1.807) is 56.5 Å². The van der Waals surface area contributed by atoms with Gasteiger partial charge in [-0.1, -0.05) is 18.2 Å². The van der Waals surface area contributed by atoms with Crippen LogP contribution < -0.4 is 14.4 Å². The molecule has 0 unspecified atom stereocenters. The number of hydrogen-bond acceptors (Lipinski definition) is 4. The molecule has 0 bridgehead atoms. The summed E-state index contributed by atoms with van der Waals surface area (Å²) in [6, 6.07) is 13.1. The fourth-order valence-electron chi connectivity index (χ4n) is 3.70. The summed E-state index contributed by atoms with van der Waals surface area (Å²) in [5.74, 6) is -0.490. The molecule has 1 fully saturated rings. The van der Waals surface area contributed by atoms with Gasteiger partial charge in [-0.25, -0.2) is 4.39 Å². The number of nitrogens with zero attached hydrogens (tertiary/aromatic N) is 2. The molecular weight excluding hydrogens is 421 g/mol. The number of nitrogens with one attached hydrogen (secondary N) is 1. The second-order valence-electron chi connectivity index (χ2n) is 7.38. The van der Waals surface area contributed by atoms with E-state index in [0.717, 1.165) is 0 Å². The fourth-order valence-corrected chi connectivity index (χ4v) is 5.42. The first kappa shape index (κ1) is 23.0. The Balaban J connectivity index is 1.68. The summed E-state index contributed by atoms with van der Waals surface area (Å²) in [7, 11) is -2.25. The molecule has 1 atom stereocenters. The van der Waals surface area contributed by atoms with Gasteiger partial charge in [-0.15, -0.1) is 0 Å². The van der Waals surface area contributed by atoms with Gasteiger partial charge >= 0.3 is 10.2 Å². The zero-order valence-corrected chi connectivity index (χ0v) is 18.6. The van der Waals surface area contributed by atoms with Crippen LogP contribution in [0.5, 0.6) is 5.75 Å². The summed E-state index contributed by atoms with van der Waals surface area (Å²) < 4.78 is 48.2. The third kappa shape index (κ3) is 5.34. The Bertz CT molecular complexity index is 998. The minimum absolute atomic E-state index is 0.0711. The van der Waals surface area contributed by atoms with Crippen molar-refractivity contribution in [3.05, 3.63) is 59.9 Å². The Morgan fingerprint density at radius 2 is 1.94 bits per heavy atom. The number of methoxy groups -OCH3 is 1. The molecule has 1 amide bonds. The third-order valence-electron chi connectivity index (χ3n) is 5.42. The lowest BCUT2D eigenvalue weighted by atomic mass is 9.98. The highest BCUT2D eigenvalue weighted by Crippen LogP contribution is 2.27. The number of amides is 1.